The van der Waals surface area contributed by atoms with Gasteiger partial charge < -0.3 is 29.6 Å². The maximum Gasteiger partial charge on any atom is 0.254 e. The van der Waals surface area contributed by atoms with Crippen LogP contribution in [0.2, 0.25) is 5.02 Å². The number of nitrogens with zero attached hydrogens (tertiary/aromatic N) is 5. The van der Waals surface area contributed by atoms with Crippen LogP contribution < -0.4 is 10.5 Å². The van der Waals surface area contributed by atoms with Gasteiger partial charge in [-0.2, -0.15) is 0 Å². The minimum Gasteiger partial charge on any atom is -0.508 e. The lowest BCUT2D eigenvalue weighted by molar-refractivity contribution is 0.0700. The molecule has 3 aromatic heterocycles. The molecule has 2 bridgehead atoms. The highest BCUT2D eigenvalue weighted by atomic mass is 35.5. The minimum absolute atomic E-state index is 0.0116. The monoisotopic (exact) mass is 596 g/mol. The molecule has 3 atom stereocenters. The Hall–Kier alpha value is -4.08. The second-order valence-electron chi connectivity index (χ2n) is 12.3. The van der Waals surface area contributed by atoms with Gasteiger partial charge in [0.1, 0.15) is 22.7 Å². The first-order valence-electron chi connectivity index (χ1n) is 14.9. The highest BCUT2D eigenvalue weighted by Gasteiger charge is 2.47. The number of methoxy groups -OCH3 is 1. The summed E-state index contributed by atoms with van der Waals surface area (Å²) in [5.41, 5.74) is 11.8. The topological polar surface area (TPSA) is 111 Å². The first-order valence-corrected chi connectivity index (χ1v) is 15.3. The molecular formula is C33H33ClN6O3. The van der Waals surface area contributed by atoms with Gasteiger partial charge in [0.15, 0.2) is 5.82 Å². The Bertz CT molecular complexity index is 1940. The summed E-state index contributed by atoms with van der Waals surface area (Å²) < 4.78 is 10.1. The lowest BCUT2D eigenvalue weighted by atomic mass is 10.1. The second kappa shape index (κ2) is 9.72. The largest absolute Gasteiger partial charge is 0.508 e. The Labute approximate surface area is 253 Å². The van der Waals surface area contributed by atoms with Crippen LogP contribution in [0.15, 0.2) is 48.5 Å². The third-order valence-electron chi connectivity index (χ3n) is 9.65. The summed E-state index contributed by atoms with van der Waals surface area (Å²) >= 11 is 6.48. The molecule has 2 aliphatic carbocycles. The summed E-state index contributed by atoms with van der Waals surface area (Å²) in [6.07, 6.45) is 4.43. The summed E-state index contributed by atoms with van der Waals surface area (Å²) in [5, 5.41) is 11.3. The zero-order valence-electron chi connectivity index (χ0n) is 24.1. The van der Waals surface area contributed by atoms with Gasteiger partial charge >= 0.3 is 0 Å². The molecule has 10 heteroatoms. The van der Waals surface area contributed by atoms with Crippen molar-refractivity contribution in [2.45, 2.75) is 44.3 Å². The van der Waals surface area contributed by atoms with Gasteiger partial charge in [-0.05, 0) is 86.1 Å². The van der Waals surface area contributed by atoms with E-state index in [9.17, 15) is 9.90 Å². The molecule has 0 spiro atoms. The van der Waals surface area contributed by atoms with Crippen LogP contribution in [0.3, 0.4) is 0 Å². The first-order chi connectivity index (χ1) is 20.8. The number of nitrogens with two attached hydrogens (primary N) is 1. The third kappa shape index (κ3) is 4.20. The molecule has 1 amide bonds. The number of aryl methyl sites for hydroxylation is 1. The molecule has 4 heterocycles. The number of likely N-dealkylation sites (tertiary alicyclic amines) is 1. The number of fused-ring (bicyclic) bond motifs is 4. The van der Waals surface area contributed by atoms with Crippen molar-refractivity contribution < 1.29 is 14.6 Å². The van der Waals surface area contributed by atoms with Crippen molar-refractivity contribution in [2.75, 3.05) is 13.7 Å². The summed E-state index contributed by atoms with van der Waals surface area (Å²) in [5.74, 6) is 2.47. The van der Waals surface area contributed by atoms with Crippen molar-refractivity contribution in [3.63, 3.8) is 0 Å². The number of phenolic OH excluding ortho intramolecular Hbond substituents is 1. The zero-order chi connectivity index (χ0) is 29.6. The number of hydrogen-bond acceptors (Lipinski definition) is 6. The normalized spacial score (nSPS) is 21.4. The summed E-state index contributed by atoms with van der Waals surface area (Å²) in [7, 11) is 3.62. The molecule has 0 radical (unpaired) electrons. The van der Waals surface area contributed by atoms with E-state index in [0.29, 0.717) is 40.2 Å². The van der Waals surface area contributed by atoms with Crippen LogP contribution in [0, 0.1) is 11.8 Å². The summed E-state index contributed by atoms with van der Waals surface area (Å²) in [6, 6.07) is 15.0. The van der Waals surface area contributed by atoms with Crippen LogP contribution in [-0.2, 0) is 13.6 Å². The van der Waals surface area contributed by atoms with Gasteiger partial charge in [0, 0.05) is 48.7 Å². The van der Waals surface area contributed by atoms with Gasteiger partial charge in [-0.3, -0.25) is 4.79 Å². The van der Waals surface area contributed by atoms with Crippen LogP contribution in [0.4, 0.5) is 0 Å². The number of piperidine rings is 1. The summed E-state index contributed by atoms with van der Waals surface area (Å²) in [4.78, 5) is 25.8. The molecule has 3 unspecified atom stereocenters. The molecule has 3 aliphatic rings. The number of rotatable bonds is 6. The molecule has 2 aromatic carbocycles. The van der Waals surface area contributed by atoms with Crippen molar-refractivity contribution in [2.24, 2.45) is 24.6 Å². The molecule has 43 heavy (non-hydrogen) atoms. The standard InChI is InChI=1S/C33H33ClN6O3/c1-38-30-25(11-20(13-28(30)43-2)33(42)40-16-19-6-10-26(40)29(19)35)37-32(38)27-12-18-5-9-24(22-8-7-21(41)14-23(22)34)36-31(18)39(27)15-17-3-4-17/h5,7-9,11-14,17,19,26,29,41H,3-4,6,10,15-16,35H2,1-2H3. The van der Waals surface area contributed by atoms with E-state index < -0.39 is 0 Å². The number of ether oxygens (including phenoxy) is 1. The Morgan fingerprint density at radius 3 is 2.63 bits per heavy atom. The fourth-order valence-electron chi connectivity index (χ4n) is 7.18. The zero-order valence-corrected chi connectivity index (χ0v) is 24.9. The smallest absolute Gasteiger partial charge is 0.254 e. The van der Waals surface area contributed by atoms with Crippen molar-refractivity contribution in [3.8, 4) is 34.3 Å². The quantitative estimate of drug-likeness (QED) is 0.264. The second-order valence-corrected chi connectivity index (χ2v) is 12.7. The van der Waals surface area contributed by atoms with Crippen LogP contribution in [0.1, 0.15) is 36.0 Å². The average molecular weight is 597 g/mol. The molecule has 3 N–H and O–H groups in total. The number of carbonyl (C=O) groups excluding carboxylic acids is 1. The number of benzene rings is 2. The molecule has 3 fully saturated rings. The maximum absolute atomic E-state index is 13.7. The number of phenols is 1. The molecule has 2 saturated carbocycles. The number of carbonyl (C=O) groups is 1. The fraction of sp³-hybridized carbons (Fsp3) is 0.364. The van der Waals surface area contributed by atoms with Crippen molar-refractivity contribution in [1.82, 2.24) is 24.0 Å². The number of aromatic nitrogens is 4. The van der Waals surface area contributed by atoms with E-state index in [0.717, 1.165) is 58.7 Å². The average Bonchev–Trinajstić information content (AvgIpc) is 3.41. The van der Waals surface area contributed by atoms with Gasteiger partial charge in [-0.25, -0.2) is 9.97 Å². The SMILES string of the molecule is COc1cc(C(=O)N2CC3CCC2C3N)cc2nc(-c3cc4ccc(-c5ccc(O)cc5Cl)nc4n3CC3CC3)n(C)c12. The van der Waals surface area contributed by atoms with Crippen molar-refractivity contribution in [3.05, 3.63) is 59.1 Å². The van der Waals surface area contributed by atoms with Gasteiger partial charge in [0.2, 0.25) is 0 Å². The predicted octanol–water partition coefficient (Wildman–Crippen LogP) is 5.60. The molecule has 1 aliphatic heterocycles. The van der Waals surface area contributed by atoms with Crippen molar-refractivity contribution >= 4 is 39.6 Å². The lowest BCUT2D eigenvalue weighted by Crippen LogP contribution is -2.41. The van der Waals surface area contributed by atoms with Gasteiger partial charge in [0.25, 0.3) is 5.91 Å². The molecular weight excluding hydrogens is 564 g/mol. The van der Waals surface area contributed by atoms with E-state index in [4.69, 9.17) is 32.0 Å². The number of imidazole rings is 1. The molecule has 5 aromatic rings. The number of pyridine rings is 1. The Kier molecular flexibility index (Phi) is 6.00. The fourth-order valence-corrected chi connectivity index (χ4v) is 7.46. The van der Waals surface area contributed by atoms with Gasteiger partial charge in [-0.1, -0.05) is 11.6 Å². The minimum atomic E-state index is -0.0116. The van der Waals surface area contributed by atoms with Crippen LogP contribution >= 0.6 is 11.6 Å². The number of hydrogen-bond donors (Lipinski definition) is 2. The van der Waals surface area contributed by atoms with E-state index in [1.807, 2.05) is 34.7 Å². The van der Waals surface area contributed by atoms with Gasteiger partial charge in [0.05, 0.1) is 29.0 Å². The van der Waals surface area contributed by atoms with Crippen LogP contribution in [-0.4, -0.2) is 60.8 Å². The number of aromatic hydroxyl groups is 1. The number of amides is 1. The maximum atomic E-state index is 13.7. The first kappa shape index (κ1) is 26.5. The van der Waals surface area contributed by atoms with E-state index in [-0.39, 0.29) is 23.7 Å². The number of halogens is 1. The highest BCUT2D eigenvalue weighted by molar-refractivity contribution is 6.33. The highest BCUT2D eigenvalue weighted by Crippen LogP contribution is 2.40. The molecule has 9 nitrogen and oxygen atoms in total. The Morgan fingerprint density at radius 2 is 1.93 bits per heavy atom. The summed E-state index contributed by atoms with van der Waals surface area (Å²) in [6.45, 7) is 1.55. The third-order valence-corrected chi connectivity index (χ3v) is 9.97. The van der Waals surface area contributed by atoms with Crippen LogP contribution in [0.5, 0.6) is 11.5 Å². The Balaban J connectivity index is 1.25. The van der Waals surface area contributed by atoms with Crippen molar-refractivity contribution in [1.29, 1.82) is 0 Å². The lowest BCUT2D eigenvalue weighted by Gasteiger charge is -2.27. The molecule has 8 rings (SSSR count). The van der Waals surface area contributed by atoms with E-state index >= 15 is 0 Å². The van der Waals surface area contributed by atoms with E-state index in [1.54, 1.807) is 19.2 Å². The predicted molar refractivity (Wildman–Crippen MR) is 166 cm³/mol. The Morgan fingerprint density at radius 1 is 1.09 bits per heavy atom. The van der Waals surface area contributed by atoms with E-state index in [1.165, 1.54) is 18.9 Å². The van der Waals surface area contributed by atoms with E-state index in [2.05, 4.69) is 16.7 Å². The van der Waals surface area contributed by atoms with Crippen LogP contribution in [0.25, 0.3) is 44.8 Å². The molecule has 220 valence electrons. The van der Waals surface area contributed by atoms with Gasteiger partial charge in [-0.15, -0.1) is 0 Å². The molecule has 1 saturated heterocycles.